The van der Waals surface area contributed by atoms with Crippen LogP contribution in [-0.2, 0) is 9.47 Å². The maximum Gasteiger partial charge on any atom is 0.410 e. The molecule has 7 heteroatoms. The number of amides is 1. The van der Waals surface area contributed by atoms with Crippen LogP contribution in [0.5, 0.6) is 5.75 Å². The quantitative estimate of drug-likeness (QED) is 0.770. The molecule has 3 heterocycles. The summed E-state index contributed by atoms with van der Waals surface area (Å²) in [5, 5.41) is 0. The second kappa shape index (κ2) is 7.23. The van der Waals surface area contributed by atoms with Gasteiger partial charge in [-0.1, -0.05) is 0 Å². The van der Waals surface area contributed by atoms with Crippen molar-refractivity contribution in [3.05, 3.63) is 24.0 Å². The summed E-state index contributed by atoms with van der Waals surface area (Å²) in [6.07, 6.45) is 2.33. The number of rotatable bonds is 3. The Balaban J connectivity index is 1.77. The molecule has 1 amide bonds. The molecule has 0 spiro atoms. The Morgan fingerprint density at radius 1 is 1.23 bits per heavy atom. The average Bonchev–Trinajstić information content (AvgIpc) is 2.58. The lowest BCUT2D eigenvalue weighted by atomic mass is 9.81. The number of ether oxygens (including phenoxy) is 3. The number of hydrogen-bond donors (Lipinski definition) is 0. The predicted octanol–water partition coefficient (Wildman–Crippen LogP) is 2.69. The van der Waals surface area contributed by atoms with Crippen molar-refractivity contribution in [1.29, 1.82) is 0 Å². The van der Waals surface area contributed by atoms with Crippen molar-refractivity contribution in [1.82, 2.24) is 9.88 Å². The molecule has 0 radical (unpaired) electrons. The molecule has 3 rings (SSSR count). The van der Waals surface area contributed by atoms with Crippen LogP contribution in [0.3, 0.4) is 0 Å². The van der Waals surface area contributed by atoms with E-state index >= 15 is 0 Å². The Labute approximate surface area is 153 Å². The van der Waals surface area contributed by atoms with Gasteiger partial charge in [-0.25, -0.2) is 9.78 Å². The first kappa shape index (κ1) is 18.6. The van der Waals surface area contributed by atoms with E-state index in [2.05, 4.69) is 4.98 Å². The minimum atomic E-state index is -0.555. The van der Waals surface area contributed by atoms with E-state index in [-0.39, 0.29) is 29.9 Å². The summed E-state index contributed by atoms with van der Waals surface area (Å²) in [6, 6.07) is 3.14. The Kier molecular flexibility index (Phi) is 5.18. The lowest BCUT2D eigenvalue weighted by Crippen LogP contribution is -2.60. The Hall–Kier alpha value is -2.15. The van der Waals surface area contributed by atoms with Gasteiger partial charge in [0.15, 0.2) is 5.78 Å². The first-order chi connectivity index (χ1) is 12.3. The maximum atomic E-state index is 13.0. The van der Waals surface area contributed by atoms with Gasteiger partial charge in [-0.3, -0.25) is 9.69 Å². The van der Waals surface area contributed by atoms with Crippen LogP contribution in [0.15, 0.2) is 18.3 Å². The number of carbonyl (C=O) groups excluding carboxylic acids is 2. The van der Waals surface area contributed by atoms with Crippen molar-refractivity contribution in [2.45, 2.75) is 51.3 Å². The highest BCUT2D eigenvalue weighted by molar-refractivity contribution is 5.98. The number of methoxy groups -OCH3 is 1. The van der Waals surface area contributed by atoms with Crippen molar-refractivity contribution in [3.63, 3.8) is 0 Å². The number of carbonyl (C=O) groups is 2. The van der Waals surface area contributed by atoms with Crippen molar-refractivity contribution >= 4 is 11.9 Å². The molecule has 2 saturated heterocycles. The molecule has 26 heavy (non-hydrogen) atoms. The topological polar surface area (TPSA) is 78.0 Å². The molecule has 2 bridgehead atoms. The zero-order chi connectivity index (χ0) is 18.9. The summed E-state index contributed by atoms with van der Waals surface area (Å²) in [5.41, 5.74) is -0.204. The second-order valence-corrected chi connectivity index (χ2v) is 7.82. The molecule has 2 unspecified atom stereocenters. The molecular weight excluding hydrogens is 336 g/mol. The van der Waals surface area contributed by atoms with Crippen molar-refractivity contribution in [3.8, 4) is 5.75 Å². The van der Waals surface area contributed by atoms with Crippen molar-refractivity contribution in [2.24, 2.45) is 5.92 Å². The minimum Gasteiger partial charge on any atom is -0.494 e. The third kappa shape index (κ3) is 3.82. The molecule has 7 nitrogen and oxygen atoms in total. The molecule has 2 atom stereocenters. The third-order valence-corrected chi connectivity index (χ3v) is 4.72. The Morgan fingerprint density at radius 2 is 1.88 bits per heavy atom. The lowest BCUT2D eigenvalue weighted by Gasteiger charge is -2.47. The van der Waals surface area contributed by atoms with Crippen LogP contribution in [0.4, 0.5) is 4.79 Å². The number of Topliss-reactive ketones (excluding diaryl/α,β-unsaturated/α-hetero) is 1. The summed E-state index contributed by atoms with van der Waals surface area (Å²) < 4.78 is 16.4. The zero-order valence-corrected chi connectivity index (χ0v) is 15.7. The van der Waals surface area contributed by atoms with Gasteiger partial charge in [0.1, 0.15) is 17.0 Å². The highest BCUT2D eigenvalue weighted by Gasteiger charge is 2.45. The van der Waals surface area contributed by atoms with Crippen LogP contribution in [0.1, 0.15) is 44.1 Å². The van der Waals surface area contributed by atoms with Crippen LogP contribution < -0.4 is 4.74 Å². The summed E-state index contributed by atoms with van der Waals surface area (Å²) in [5.74, 6) is 0.230. The minimum absolute atomic E-state index is 0.0387. The molecule has 0 N–H and O–H groups in total. The van der Waals surface area contributed by atoms with Gasteiger partial charge in [0, 0.05) is 12.1 Å². The molecule has 2 aliphatic rings. The summed E-state index contributed by atoms with van der Waals surface area (Å²) in [6.45, 7) is 6.38. The van der Waals surface area contributed by atoms with Gasteiger partial charge < -0.3 is 14.2 Å². The Bertz CT molecular complexity index is 671. The molecule has 2 aliphatic heterocycles. The van der Waals surface area contributed by atoms with E-state index in [9.17, 15) is 9.59 Å². The van der Waals surface area contributed by atoms with Gasteiger partial charge in [0.25, 0.3) is 0 Å². The van der Waals surface area contributed by atoms with Crippen LogP contribution in [0.25, 0.3) is 0 Å². The van der Waals surface area contributed by atoms with E-state index in [0.717, 1.165) is 0 Å². The van der Waals surface area contributed by atoms with Gasteiger partial charge in [-0.2, -0.15) is 0 Å². The fourth-order valence-electron chi connectivity index (χ4n) is 3.68. The number of morpholine rings is 1. The van der Waals surface area contributed by atoms with Gasteiger partial charge in [-0.15, -0.1) is 0 Å². The molecule has 1 aromatic rings. The standard InChI is InChI=1S/C19H26N2O5/c1-19(2,3)26-18(23)21-13-8-12(9-14(21)11-25-10-13)17(22)16-15(24-4)6-5-7-20-16/h5-7,12-14H,8-11H2,1-4H3. The van der Waals surface area contributed by atoms with Gasteiger partial charge in [0.05, 0.1) is 32.4 Å². The third-order valence-electron chi connectivity index (χ3n) is 4.72. The van der Waals surface area contributed by atoms with Gasteiger partial charge in [0.2, 0.25) is 0 Å². The predicted molar refractivity (Wildman–Crippen MR) is 94.3 cm³/mol. The Morgan fingerprint density at radius 3 is 2.46 bits per heavy atom. The molecule has 2 fully saturated rings. The van der Waals surface area contributed by atoms with E-state index in [4.69, 9.17) is 14.2 Å². The first-order valence-electron chi connectivity index (χ1n) is 8.92. The number of hydrogen-bond acceptors (Lipinski definition) is 6. The largest absolute Gasteiger partial charge is 0.494 e. The zero-order valence-electron chi connectivity index (χ0n) is 15.7. The van der Waals surface area contributed by atoms with Crippen LogP contribution in [0.2, 0.25) is 0 Å². The summed E-state index contributed by atoms with van der Waals surface area (Å²) in [7, 11) is 1.53. The van der Waals surface area contributed by atoms with Gasteiger partial charge in [-0.05, 0) is 45.7 Å². The number of ketones is 1. The monoisotopic (exact) mass is 362 g/mol. The van der Waals surface area contributed by atoms with Crippen molar-refractivity contribution < 1.29 is 23.8 Å². The fraction of sp³-hybridized carbons (Fsp3) is 0.632. The van der Waals surface area contributed by atoms with E-state index in [1.165, 1.54) is 7.11 Å². The highest BCUT2D eigenvalue weighted by Crippen LogP contribution is 2.35. The molecule has 142 valence electrons. The fourth-order valence-corrected chi connectivity index (χ4v) is 3.68. The smallest absolute Gasteiger partial charge is 0.410 e. The number of fused-ring (bicyclic) bond motifs is 2. The molecule has 0 aliphatic carbocycles. The SMILES string of the molecule is COc1cccnc1C(=O)C1CC2COCC(C1)N2C(=O)OC(C)(C)C. The second-order valence-electron chi connectivity index (χ2n) is 7.82. The lowest BCUT2D eigenvalue weighted by molar-refractivity contribution is -0.0861. The van der Waals surface area contributed by atoms with E-state index in [0.29, 0.717) is 37.5 Å². The number of pyridine rings is 1. The van der Waals surface area contributed by atoms with Crippen LogP contribution in [-0.4, -0.2) is 59.8 Å². The van der Waals surface area contributed by atoms with Crippen LogP contribution in [0, 0.1) is 5.92 Å². The molecule has 0 saturated carbocycles. The number of nitrogens with zero attached hydrogens (tertiary/aromatic N) is 2. The van der Waals surface area contributed by atoms with E-state index < -0.39 is 5.60 Å². The average molecular weight is 362 g/mol. The van der Waals surface area contributed by atoms with Crippen LogP contribution >= 0.6 is 0 Å². The number of aromatic nitrogens is 1. The van der Waals surface area contributed by atoms with Crippen molar-refractivity contribution in [2.75, 3.05) is 20.3 Å². The highest BCUT2D eigenvalue weighted by atomic mass is 16.6. The first-order valence-corrected chi connectivity index (χ1v) is 8.92. The summed E-state index contributed by atoms with van der Waals surface area (Å²) in [4.78, 5) is 31.6. The van der Waals surface area contributed by atoms with E-state index in [1.54, 1.807) is 23.2 Å². The number of piperidine rings is 1. The molecule has 0 aromatic carbocycles. The molecule has 1 aromatic heterocycles. The van der Waals surface area contributed by atoms with Gasteiger partial charge >= 0.3 is 6.09 Å². The maximum absolute atomic E-state index is 13.0. The van der Waals surface area contributed by atoms with E-state index in [1.807, 2.05) is 20.8 Å². The normalized spacial score (nSPS) is 25.5. The summed E-state index contributed by atoms with van der Waals surface area (Å²) >= 11 is 0. The molecular formula is C19H26N2O5.